The summed E-state index contributed by atoms with van der Waals surface area (Å²) in [5.41, 5.74) is 2.72. The average molecular weight is 278 g/mol. The maximum atomic E-state index is 5.97. The molecule has 3 nitrogen and oxygen atoms in total. The van der Waals surface area contributed by atoms with Crippen LogP contribution in [0.2, 0.25) is 10.2 Å². The van der Waals surface area contributed by atoms with E-state index >= 15 is 0 Å². The Morgan fingerprint density at radius 3 is 2.83 bits per heavy atom. The van der Waals surface area contributed by atoms with Crippen LogP contribution in [0.4, 0.5) is 0 Å². The number of fused-ring (bicyclic) bond motifs is 1. The van der Waals surface area contributed by atoms with Crippen molar-refractivity contribution in [3.05, 3.63) is 58.5 Å². The first-order chi connectivity index (χ1) is 8.72. The van der Waals surface area contributed by atoms with E-state index in [4.69, 9.17) is 23.2 Å². The van der Waals surface area contributed by atoms with Crippen LogP contribution in [-0.4, -0.2) is 14.5 Å². The van der Waals surface area contributed by atoms with Gasteiger partial charge in [0.05, 0.1) is 12.9 Å². The maximum Gasteiger partial charge on any atom is 0.161 e. The minimum absolute atomic E-state index is 0.468. The minimum atomic E-state index is 0.468. The third-order valence-corrected chi connectivity index (χ3v) is 3.12. The molecular formula is C13H9Cl2N3. The van der Waals surface area contributed by atoms with Crippen LogP contribution in [0.25, 0.3) is 11.2 Å². The number of halogens is 2. The summed E-state index contributed by atoms with van der Waals surface area (Å²) in [6.45, 7) is 0.671. The molecule has 0 saturated carbocycles. The van der Waals surface area contributed by atoms with Crippen LogP contribution in [0, 0.1) is 0 Å². The fourth-order valence-corrected chi connectivity index (χ4v) is 2.22. The van der Waals surface area contributed by atoms with Crippen molar-refractivity contribution in [1.29, 1.82) is 0 Å². The van der Waals surface area contributed by atoms with E-state index in [1.807, 2.05) is 34.9 Å². The zero-order valence-corrected chi connectivity index (χ0v) is 10.9. The summed E-state index contributed by atoms with van der Waals surface area (Å²) in [6, 6.07) is 11.3. The first-order valence-electron chi connectivity index (χ1n) is 5.44. The topological polar surface area (TPSA) is 30.7 Å². The quantitative estimate of drug-likeness (QED) is 0.668. The molecular weight excluding hydrogens is 269 g/mol. The van der Waals surface area contributed by atoms with Gasteiger partial charge in [0.1, 0.15) is 10.7 Å². The Morgan fingerprint density at radius 1 is 1.11 bits per heavy atom. The summed E-state index contributed by atoms with van der Waals surface area (Å²) in [5, 5.41) is 1.19. The van der Waals surface area contributed by atoms with E-state index in [0.717, 1.165) is 21.7 Å². The largest absolute Gasteiger partial charge is 0.311 e. The molecule has 0 radical (unpaired) electrons. The van der Waals surface area contributed by atoms with Gasteiger partial charge in [0.15, 0.2) is 5.65 Å². The van der Waals surface area contributed by atoms with Gasteiger partial charge in [-0.3, -0.25) is 0 Å². The van der Waals surface area contributed by atoms with Crippen molar-refractivity contribution in [2.45, 2.75) is 6.54 Å². The molecule has 0 spiro atoms. The van der Waals surface area contributed by atoms with Crippen molar-refractivity contribution >= 4 is 34.4 Å². The monoisotopic (exact) mass is 277 g/mol. The average Bonchev–Trinajstić information content (AvgIpc) is 2.72. The van der Waals surface area contributed by atoms with Crippen molar-refractivity contribution in [3.63, 3.8) is 0 Å². The van der Waals surface area contributed by atoms with E-state index < -0.39 is 0 Å². The molecule has 0 unspecified atom stereocenters. The normalized spacial score (nSPS) is 11.0. The zero-order valence-electron chi connectivity index (χ0n) is 9.35. The number of benzene rings is 1. The Balaban J connectivity index is 2.02. The van der Waals surface area contributed by atoms with E-state index in [0.29, 0.717) is 11.7 Å². The molecule has 0 fully saturated rings. The zero-order chi connectivity index (χ0) is 12.5. The summed E-state index contributed by atoms with van der Waals surface area (Å²) in [4.78, 5) is 8.57. The van der Waals surface area contributed by atoms with Gasteiger partial charge in [-0.1, -0.05) is 35.3 Å². The molecule has 1 aromatic carbocycles. The number of hydrogen-bond acceptors (Lipinski definition) is 2. The highest BCUT2D eigenvalue weighted by atomic mass is 35.5. The molecule has 3 rings (SSSR count). The Labute approximate surface area is 114 Å². The summed E-state index contributed by atoms with van der Waals surface area (Å²) in [7, 11) is 0. The minimum Gasteiger partial charge on any atom is -0.311 e. The van der Waals surface area contributed by atoms with Crippen LogP contribution >= 0.6 is 23.2 Å². The molecule has 3 aromatic rings. The summed E-state index contributed by atoms with van der Waals surface area (Å²) in [5.74, 6) is 0. The lowest BCUT2D eigenvalue weighted by molar-refractivity contribution is 0.814. The van der Waals surface area contributed by atoms with Gasteiger partial charge in [-0.25, -0.2) is 9.97 Å². The Morgan fingerprint density at radius 2 is 2.00 bits per heavy atom. The van der Waals surface area contributed by atoms with Gasteiger partial charge >= 0.3 is 0 Å². The van der Waals surface area contributed by atoms with E-state index in [1.165, 1.54) is 0 Å². The summed E-state index contributed by atoms with van der Waals surface area (Å²) < 4.78 is 1.95. The second-order valence-electron chi connectivity index (χ2n) is 3.98. The van der Waals surface area contributed by atoms with Crippen LogP contribution in [0.15, 0.2) is 42.7 Å². The van der Waals surface area contributed by atoms with E-state index in [1.54, 1.807) is 12.4 Å². The van der Waals surface area contributed by atoms with E-state index in [-0.39, 0.29) is 0 Å². The fourth-order valence-electron chi connectivity index (χ4n) is 1.86. The molecule has 0 N–H and O–H groups in total. The van der Waals surface area contributed by atoms with Crippen LogP contribution in [-0.2, 0) is 6.54 Å². The van der Waals surface area contributed by atoms with Gasteiger partial charge in [-0.05, 0) is 29.8 Å². The predicted octanol–water partition coefficient (Wildman–Crippen LogP) is 3.79. The van der Waals surface area contributed by atoms with Crippen LogP contribution < -0.4 is 0 Å². The molecule has 0 saturated heterocycles. The highest BCUT2D eigenvalue weighted by Crippen LogP contribution is 2.17. The SMILES string of the molecule is Clc1cccc(Cn2cnc3ccc(Cl)nc32)c1. The van der Waals surface area contributed by atoms with Crippen molar-refractivity contribution < 1.29 is 0 Å². The standard InChI is InChI=1S/C13H9Cl2N3/c14-10-3-1-2-9(6-10)7-18-8-16-11-4-5-12(15)17-13(11)18/h1-6,8H,7H2. The van der Waals surface area contributed by atoms with Crippen LogP contribution in [0.5, 0.6) is 0 Å². The lowest BCUT2D eigenvalue weighted by Crippen LogP contribution is -1.99. The molecule has 5 heteroatoms. The second-order valence-corrected chi connectivity index (χ2v) is 4.80. The molecule has 0 aliphatic carbocycles. The highest BCUT2D eigenvalue weighted by Gasteiger charge is 2.05. The van der Waals surface area contributed by atoms with Crippen LogP contribution in [0.3, 0.4) is 0 Å². The smallest absolute Gasteiger partial charge is 0.161 e. The van der Waals surface area contributed by atoms with E-state index in [9.17, 15) is 0 Å². The number of nitrogens with zero attached hydrogens (tertiary/aromatic N) is 3. The highest BCUT2D eigenvalue weighted by molar-refractivity contribution is 6.30. The number of aromatic nitrogens is 3. The number of hydrogen-bond donors (Lipinski definition) is 0. The Kier molecular flexibility index (Phi) is 2.94. The number of imidazole rings is 1. The second kappa shape index (κ2) is 4.59. The van der Waals surface area contributed by atoms with Gasteiger partial charge in [0, 0.05) is 5.02 Å². The molecule has 0 atom stereocenters. The molecule has 18 heavy (non-hydrogen) atoms. The lowest BCUT2D eigenvalue weighted by atomic mass is 10.2. The molecule has 90 valence electrons. The molecule has 2 heterocycles. The maximum absolute atomic E-state index is 5.97. The fraction of sp³-hybridized carbons (Fsp3) is 0.0769. The molecule has 0 aliphatic heterocycles. The first-order valence-corrected chi connectivity index (χ1v) is 6.20. The molecule has 2 aromatic heterocycles. The summed E-state index contributed by atoms with van der Waals surface area (Å²) in [6.07, 6.45) is 1.76. The Bertz CT molecular complexity index is 706. The van der Waals surface area contributed by atoms with Crippen LogP contribution in [0.1, 0.15) is 5.56 Å². The lowest BCUT2D eigenvalue weighted by Gasteiger charge is -2.04. The first kappa shape index (κ1) is 11.5. The molecule has 0 aliphatic rings. The van der Waals surface area contributed by atoms with Crippen molar-refractivity contribution in [2.75, 3.05) is 0 Å². The number of rotatable bonds is 2. The summed E-state index contributed by atoms with van der Waals surface area (Å²) >= 11 is 11.9. The van der Waals surface area contributed by atoms with Crippen molar-refractivity contribution in [2.24, 2.45) is 0 Å². The molecule has 0 bridgehead atoms. The van der Waals surface area contributed by atoms with E-state index in [2.05, 4.69) is 9.97 Å². The van der Waals surface area contributed by atoms with Gasteiger partial charge in [0.25, 0.3) is 0 Å². The van der Waals surface area contributed by atoms with Gasteiger partial charge in [-0.2, -0.15) is 0 Å². The third kappa shape index (κ3) is 2.19. The Hall–Kier alpha value is -1.58. The van der Waals surface area contributed by atoms with Crippen molar-refractivity contribution in [3.8, 4) is 0 Å². The number of pyridine rings is 1. The van der Waals surface area contributed by atoms with Gasteiger partial charge < -0.3 is 4.57 Å². The van der Waals surface area contributed by atoms with Crippen molar-refractivity contribution in [1.82, 2.24) is 14.5 Å². The van der Waals surface area contributed by atoms with Gasteiger partial charge in [0.2, 0.25) is 0 Å². The third-order valence-electron chi connectivity index (χ3n) is 2.67. The predicted molar refractivity (Wildman–Crippen MR) is 73.1 cm³/mol. The molecule has 0 amide bonds. The van der Waals surface area contributed by atoms with Gasteiger partial charge in [-0.15, -0.1) is 0 Å².